The summed E-state index contributed by atoms with van der Waals surface area (Å²) < 4.78 is 54.1. The summed E-state index contributed by atoms with van der Waals surface area (Å²) in [6, 6.07) is 70.9. The van der Waals surface area contributed by atoms with Crippen molar-refractivity contribution in [1.29, 1.82) is 0 Å². The maximum Gasteiger partial charge on any atom is 0.215 e. The van der Waals surface area contributed by atoms with E-state index in [0.717, 1.165) is 27.8 Å². The Morgan fingerprint density at radius 2 is 0.467 bits per heavy atom. The molecule has 0 amide bonds. The van der Waals surface area contributed by atoms with Crippen molar-refractivity contribution in [1.82, 2.24) is 0 Å². The molecule has 0 saturated carbocycles. The fourth-order valence-corrected chi connectivity index (χ4v) is 12.3. The second kappa shape index (κ2) is 28.7. The summed E-state index contributed by atoms with van der Waals surface area (Å²) in [5.74, 6) is 0. The van der Waals surface area contributed by atoms with Crippen molar-refractivity contribution >= 4 is 0 Å². The first-order valence-electron chi connectivity index (χ1n) is 34.1. The molecular weight excluding hydrogens is 1090 g/mol. The van der Waals surface area contributed by atoms with E-state index in [1.54, 1.807) is 18.2 Å². The fourth-order valence-electron chi connectivity index (χ4n) is 12.3. The van der Waals surface area contributed by atoms with E-state index < -0.39 is 13.7 Å². The Balaban J connectivity index is 0.000000150. The molecule has 452 valence electrons. The Hall–Kier alpha value is -9.64. The zero-order valence-electron chi connectivity index (χ0n) is 61.7. The van der Waals surface area contributed by atoms with Crippen molar-refractivity contribution in [2.24, 2.45) is 28.2 Å². The summed E-state index contributed by atoms with van der Waals surface area (Å²) >= 11 is 0. The van der Waals surface area contributed by atoms with Crippen molar-refractivity contribution in [3.63, 3.8) is 0 Å². The van der Waals surface area contributed by atoms with Crippen LogP contribution in [-0.4, -0.2) is 0 Å². The maximum atomic E-state index is 7.63. The van der Waals surface area contributed by atoms with E-state index in [1.165, 1.54) is 128 Å². The number of hydrogen-bond donors (Lipinski definition) is 0. The molecule has 0 fully saturated rings. The molecule has 4 heteroatoms. The SMILES string of the molecule is Cc1ccc(-c2cc(C)c(-c3ccccc3C)[n+](C)c2)cc1.Cc1ccc(-c2cc(C)c(-c3ccccc3C)[n+](C)c2)cc1C.[2H]C([2H])([2H])c1ccc(-c2cc(C)c(-c3ccccc3C)[n+](C)c2)cc1.[2H]C([2H])([2H])c1ccc(-c2cc(C)c(-c3ccccc3C)[n+](C)c2)cc1C. The van der Waals surface area contributed by atoms with E-state index in [4.69, 9.17) is 8.22 Å². The molecule has 4 heterocycles. The number of pyridine rings is 4. The second-order valence-corrected chi connectivity index (χ2v) is 24.5. The summed E-state index contributed by atoms with van der Waals surface area (Å²) in [6.45, 7) is 21.4. The average Bonchev–Trinajstić information content (AvgIpc) is 0.821. The van der Waals surface area contributed by atoms with E-state index in [1.807, 2.05) is 31.2 Å². The van der Waals surface area contributed by atoms with Crippen molar-refractivity contribution in [3.8, 4) is 89.5 Å². The molecule has 12 aromatic rings. The Kier molecular flexibility index (Phi) is 18.1. The van der Waals surface area contributed by atoms with Gasteiger partial charge in [-0.05, 0) is 212 Å². The second-order valence-electron chi connectivity index (χ2n) is 24.5. The summed E-state index contributed by atoms with van der Waals surface area (Å²) in [5.41, 5.74) is 35.0. The molecule has 0 atom stereocenters. The molecule has 8 aromatic carbocycles. The van der Waals surface area contributed by atoms with Crippen LogP contribution < -0.4 is 18.3 Å². The minimum Gasteiger partial charge on any atom is -0.200 e. The molecule has 0 bridgehead atoms. The molecule has 90 heavy (non-hydrogen) atoms. The zero-order valence-corrected chi connectivity index (χ0v) is 55.7. The Morgan fingerprint density at radius 3 is 0.733 bits per heavy atom. The van der Waals surface area contributed by atoms with Gasteiger partial charge in [0.25, 0.3) is 0 Å². The van der Waals surface area contributed by atoms with Crippen LogP contribution in [0.4, 0.5) is 0 Å². The third-order valence-corrected chi connectivity index (χ3v) is 17.3. The highest BCUT2D eigenvalue weighted by Crippen LogP contribution is 2.32. The van der Waals surface area contributed by atoms with Gasteiger partial charge in [-0.3, -0.25) is 0 Å². The molecule has 0 spiro atoms. The predicted octanol–water partition coefficient (Wildman–Crippen LogP) is 19.7. The van der Waals surface area contributed by atoms with Crippen LogP contribution in [0.25, 0.3) is 89.5 Å². The molecule has 0 unspecified atom stereocenters. The topological polar surface area (TPSA) is 15.5 Å². The van der Waals surface area contributed by atoms with Gasteiger partial charge in [-0.1, -0.05) is 169 Å². The normalized spacial score (nSPS) is 12.0. The number of aryl methyl sites for hydroxylation is 18. The van der Waals surface area contributed by atoms with Crippen LogP contribution in [0.1, 0.15) is 86.1 Å². The van der Waals surface area contributed by atoms with Gasteiger partial charge in [0.15, 0.2) is 24.8 Å². The molecule has 0 aliphatic carbocycles. The standard InChI is InChI=1S/2C22H24N.2C21H22N/c2*1-15-10-11-19(12-17(15)3)20-13-18(4)22(23(5)14-20)21-9-7-6-8-16(21)2;2*1-15-9-11-18(12-10-15)19-13-17(3)21(22(4)14-19)20-8-6-5-7-16(20)2/h2*6-14H,1-5H3;2*5-14H,1-4H3/q4*+1/i1D3;;1D3;. The lowest BCUT2D eigenvalue weighted by molar-refractivity contribution is -0.660. The van der Waals surface area contributed by atoms with Crippen LogP contribution in [0.15, 0.2) is 231 Å². The molecule has 0 radical (unpaired) electrons. The molecule has 12 rings (SSSR count). The third kappa shape index (κ3) is 15.1. The molecule has 4 nitrogen and oxygen atoms in total. The van der Waals surface area contributed by atoms with Gasteiger partial charge in [0, 0.05) is 75.0 Å². The highest BCUT2D eigenvalue weighted by atomic mass is 14.9. The average molecular weight is 1190 g/mol. The van der Waals surface area contributed by atoms with Crippen molar-refractivity contribution in [2.45, 2.75) is 96.8 Å². The quantitative estimate of drug-likeness (QED) is 0.135. The minimum atomic E-state index is -2.07. The van der Waals surface area contributed by atoms with Crippen molar-refractivity contribution in [2.75, 3.05) is 0 Å². The first-order chi connectivity index (χ1) is 45.5. The number of hydrogen-bond acceptors (Lipinski definition) is 0. The smallest absolute Gasteiger partial charge is 0.200 e. The van der Waals surface area contributed by atoms with Gasteiger partial charge >= 0.3 is 0 Å². The Morgan fingerprint density at radius 1 is 0.211 bits per heavy atom. The van der Waals surface area contributed by atoms with Crippen LogP contribution in [-0.2, 0) is 28.2 Å². The van der Waals surface area contributed by atoms with Gasteiger partial charge in [-0.2, -0.15) is 0 Å². The summed E-state index contributed by atoms with van der Waals surface area (Å²) in [4.78, 5) is 0. The highest BCUT2D eigenvalue weighted by Gasteiger charge is 2.22. The molecule has 0 aliphatic rings. The number of benzene rings is 8. The van der Waals surface area contributed by atoms with Crippen LogP contribution >= 0.6 is 0 Å². The molecule has 0 aliphatic heterocycles. The van der Waals surface area contributed by atoms with Gasteiger partial charge in [0.05, 0.1) is 0 Å². The van der Waals surface area contributed by atoms with Crippen molar-refractivity contribution in [3.05, 3.63) is 309 Å². The van der Waals surface area contributed by atoms with E-state index in [-0.39, 0.29) is 0 Å². The van der Waals surface area contributed by atoms with E-state index in [2.05, 4.69) is 311 Å². The summed E-state index contributed by atoms with van der Waals surface area (Å²) in [7, 11) is 8.38. The minimum absolute atomic E-state index is 0.369. The number of rotatable bonds is 8. The van der Waals surface area contributed by atoms with Crippen LogP contribution in [0.2, 0.25) is 0 Å². The monoisotopic (exact) mass is 1190 g/mol. The summed E-state index contributed by atoms with van der Waals surface area (Å²) in [6.07, 6.45) is 8.66. The Labute approximate surface area is 547 Å². The first kappa shape index (κ1) is 56.8. The van der Waals surface area contributed by atoms with Gasteiger partial charge < -0.3 is 0 Å². The van der Waals surface area contributed by atoms with Crippen LogP contribution in [0.5, 0.6) is 0 Å². The molecular formula is C86H92N4+4. The predicted molar refractivity (Wildman–Crippen MR) is 380 cm³/mol. The van der Waals surface area contributed by atoms with Gasteiger partial charge in [0.2, 0.25) is 22.8 Å². The zero-order chi connectivity index (χ0) is 69.5. The van der Waals surface area contributed by atoms with E-state index in [0.29, 0.717) is 11.1 Å². The van der Waals surface area contributed by atoms with E-state index in [9.17, 15) is 0 Å². The van der Waals surface area contributed by atoms with Gasteiger partial charge in [-0.25, -0.2) is 18.3 Å². The largest absolute Gasteiger partial charge is 0.215 e. The van der Waals surface area contributed by atoms with Crippen LogP contribution in [0, 0.1) is 96.8 Å². The maximum absolute atomic E-state index is 7.63. The number of nitrogens with zero attached hydrogens (tertiary/aromatic N) is 4. The Bertz CT molecular complexity index is 4690. The van der Waals surface area contributed by atoms with E-state index >= 15 is 0 Å². The van der Waals surface area contributed by atoms with Crippen molar-refractivity contribution < 1.29 is 26.5 Å². The lowest BCUT2D eigenvalue weighted by atomic mass is 9.97. The third-order valence-electron chi connectivity index (χ3n) is 17.3. The lowest BCUT2D eigenvalue weighted by Gasteiger charge is -2.10. The lowest BCUT2D eigenvalue weighted by Crippen LogP contribution is -2.32. The highest BCUT2D eigenvalue weighted by molar-refractivity contribution is 5.74. The fraction of sp³-hybridized carbons (Fsp3) is 0.209. The molecule has 0 saturated heterocycles. The van der Waals surface area contributed by atoms with Gasteiger partial charge in [-0.15, -0.1) is 0 Å². The van der Waals surface area contributed by atoms with Crippen LogP contribution in [0.3, 0.4) is 0 Å². The van der Waals surface area contributed by atoms with Gasteiger partial charge in [0.1, 0.15) is 28.2 Å². The molecule has 0 N–H and O–H groups in total. The first-order valence-corrected chi connectivity index (χ1v) is 31.1. The molecule has 4 aromatic heterocycles. The summed E-state index contributed by atoms with van der Waals surface area (Å²) in [5, 5.41) is 0. The number of aromatic nitrogens is 4.